The van der Waals surface area contributed by atoms with Gasteiger partial charge in [0, 0.05) is 29.4 Å². The van der Waals surface area contributed by atoms with E-state index in [0.29, 0.717) is 16.7 Å². The second-order valence-electron chi connectivity index (χ2n) is 4.53. The summed E-state index contributed by atoms with van der Waals surface area (Å²) < 4.78 is 5.35. The molecule has 0 aromatic heterocycles. The van der Waals surface area contributed by atoms with E-state index in [9.17, 15) is 9.59 Å². The Bertz CT molecular complexity index is 635. The maximum atomic E-state index is 12.3. The van der Waals surface area contributed by atoms with Crippen LogP contribution in [0.25, 0.3) is 6.08 Å². The van der Waals surface area contributed by atoms with Crippen molar-refractivity contribution in [3.8, 4) is 0 Å². The maximum Gasteiger partial charge on any atom is 0.190 e. The van der Waals surface area contributed by atoms with Crippen molar-refractivity contribution >= 4 is 17.6 Å². The zero-order valence-electron chi connectivity index (χ0n) is 10.2. The number of hydrogen-bond donors (Lipinski definition) is 0. The Morgan fingerprint density at radius 1 is 1.22 bits per heavy atom. The molecule has 0 saturated heterocycles. The zero-order valence-corrected chi connectivity index (χ0v) is 10.2. The molecule has 3 heteroatoms. The van der Waals surface area contributed by atoms with Crippen LogP contribution in [-0.4, -0.2) is 18.7 Å². The van der Waals surface area contributed by atoms with Gasteiger partial charge in [-0.15, -0.1) is 0 Å². The first kappa shape index (κ1) is 11.1. The Hall–Kier alpha value is -2.00. The van der Waals surface area contributed by atoms with E-state index in [2.05, 4.69) is 0 Å². The molecule has 2 aliphatic carbocycles. The van der Waals surface area contributed by atoms with Crippen molar-refractivity contribution in [3.05, 3.63) is 52.1 Å². The van der Waals surface area contributed by atoms with Crippen molar-refractivity contribution < 1.29 is 14.3 Å². The molecule has 0 fully saturated rings. The monoisotopic (exact) mass is 240 g/mol. The van der Waals surface area contributed by atoms with Gasteiger partial charge in [0.05, 0.1) is 0 Å². The third kappa shape index (κ3) is 1.34. The lowest BCUT2D eigenvalue weighted by Crippen LogP contribution is -2.19. The van der Waals surface area contributed by atoms with Crippen LogP contribution in [0.15, 0.2) is 29.9 Å². The van der Waals surface area contributed by atoms with Gasteiger partial charge in [-0.3, -0.25) is 9.59 Å². The molecule has 0 heterocycles. The highest BCUT2D eigenvalue weighted by atomic mass is 16.5. The number of ketones is 2. The number of carbonyl (C=O) groups is 2. The van der Waals surface area contributed by atoms with Crippen LogP contribution in [0.3, 0.4) is 0 Å². The van der Waals surface area contributed by atoms with Gasteiger partial charge in [0.25, 0.3) is 0 Å². The van der Waals surface area contributed by atoms with Gasteiger partial charge in [-0.25, -0.2) is 0 Å². The Labute approximate surface area is 105 Å². The first-order valence-corrected chi connectivity index (χ1v) is 5.78. The summed E-state index contributed by atoms with van der Waals surface area (Å²) in [6.07, 6.45) is 4.99. The first-order chi connectivity index (χ1) is 8.63. The summed E-state index contributed by atoms with van der Waals surface area (Å²) in [4.78, 5) is 24.2. The minimum atomic E-state index is -0.238. The van der Waals surface area contributed by atoms with Crippen LogP contribution in [0.1, 0.15) is 44.9 Å². The molecule has 0 N–H and O–H groups in total. The largest absolute Gasteiger partial charge is 0.373 e. The van der Waals surface area contributed by atoms with Crippen molar-refractivity contribution in [1.82, 2.24) is 0 Å². The number of fused-ring (bicyclic) bond motifs is 3. The van der Waals surface area contributed by atoms with Gasteiger partial charge in [0.1, 0.15) is 6.10 Å². The van der Waals surface area contributed by atoms with Gasteiger partial charge in [0.2, 0.25) is 0 Å². The smallest absolute Gasteiger partial charge is 0.190 e. The fourth-order valence-corrected chi connectivity index (χ4v) is 2.56. The summed E-state index contributed by atoms with van der Waals surface area (Å²) >= 11 is 0. The number of methoxy groups -OCH3 is 1. The molecule has 18 heavy (non-hydrogen) atoms. The van der Waals surface area contributed by atoms with Crippen molar-refractivity contribution in [2.75, 3.05) is 7.11 Å². The van der Waals surface area contributed by atoms with Crippen LogP contribution in [0.4, 0.5) is 0 Å². The molecule has 0 aliphatic heterocycles. The molecule has 0 bridgehead atoms. The molecule has 0 saturated carbocycles. The first-order valence-electron chi connectivity index (χ1n) is 5.78. The average molecular weight is 240 g/mol. The van der Waals surface area contributed by atoms with Crippen molar-refractivity contribution in [1.29, 1.82) is 0 Å². The summed E-state index contributed by atoms with van der Waals surface area (Å²) in [5.41, 5.74) is 3.25. The number of Topliss-reactive ketones (excluding diaryl/α,β-unsaturated/α-hetero) is 1. The summed E-state index contributed by atoms with van der Waals surface area (Å²) in [6, 6.07) is 3.59. The van der Waals surface area contributed by atoms with Gasteiger partial charge < -0.3 is 4.74 Å². The Balaban J connectivity index is 2.30. The fraction of sp³-hybridized carbons (Fsp3) is 0.200. The van der Waals surface area contributed by atoms with Crippen molar-refractivity contribution in [3.63, 3.8) is 0 Å². The highest BCUT2D eigenvalue weighted by Crippen LogP contribution is 2.37. The van der Waals surface area contributed by atoms with Crippen molar-refractivity contribution in [2.24, 2.45) is 0 Å². The summed E-state index contributed by atoms with van der Waals surface area (Å²) in [5, 5.41) is 0. The second kappa shape index (κ2) is 3.75. The van der Waals surface area contributed by atoms with Crippen LogP contribution < -0.4 is 0 Å². The van der Waals surface area contributed by atoms with E-state index in [1.54, 1.807) is 20.1 Å². The highest BCUT2D eigenvalue weighted by Gasteiger charge is 2.31. The Morgan fingerprint density at radius 3 is 2.72 bits per heavy atom. The molecule has 1 aromatic rings. The molecular weight excluding hydrogens is 228 g/mol. The average Bonchev–Trinajstić information content (AvgIpc) is 2.78. The van der Waals surface area contributed by atoms with Gasteiger partial charge in [-0.2, -0.15) is 0 Å². The molecule has 2 aliphatic rings. The van der Waals surface area contributed by atoms with Crippen LogP contribution in [-0.2, 0) is 4.74 Å². The standard InChI is InChI=1S/C15H12O3/c1-8-7-11(16)10-5-3-9-4-6-12(18-2)13(9)14(10)15(8)17/h3-7,12H,1-2H3. The van der Waals surface area contributed by atoms with Gasteiger partial charge in [-0.05, 0) is 24.6 Å². The van der Waals surface area contributed by atoms with E-state index < -0.39 is 0 Å². The third-order valence-corrected chi connectivity index (χ3v) is 3.47. The molecular formula is C15H12O3. The van der Waals surface area contributed by atoms with E-state index in [0.717, 1.165) is 11.1 Å². The zero-order chi connectivity index (χ0) is 12.9. The predicted octanol–water partition coefficient (Wildman–Crippen LogP) is 2.73. The number of benzene rings is 1. The topological polar surface area (TPSA) is 43.4 Å². The highest BCUT2D eigenvalue weighted by molar-refractivity contribution is 6.25. The fourth-order valence-electron chi connectivity index (χ4n) is 2.56. The van der Waals surface area contributed by atoms with Gasteiger partial charge >= 0.3 is 0 Å². The SMILES string of the molecule is COC1C=Cc2ccc3c(c21)C(=O)C(C)=CC3=O. The molecule has 90 valence electrons. The van der Waals surface area contributed by atoms with Crippen LogP contribution in [0, 0.1) is 0 Å². The number of ether oxygens (including phenoxy) is 1. The number of allylic oxidation sites excluding steroid dienone is 2. The number of hydrogen-bond acceptors (Lipinski definition) is 3. The van der Waals surface area contributed by atoms with Gasteiger partial charge in [0.15, 0.2) is 11.6 Å². The molecule has 0 spiro atoms. The quantitative estimate of drug-likeness (QED) is 0.758. The van der Waals surface area contributed by atoms with Crippen molar-refractivity contribution in [2.45, 2.75) is 13.0 Å². The lowest BCUT2D eigenvalue weighted by Gasteiger charge is -2.19. The molecule has 3 rings (SSSR count). The predicted molar refractivity (Wildman–Crippen MR) is 67.6 cm³/mol. The molecule has 0 amide bonds. The van der Waals surface area contributed by atoms with Crippen LogP contribution >= 0.6 is 0 Å². The number of rotatable bonds is 1. The molecule has 1 aromatic carbocycles. The Morgan fingerprint density at radius 2 is 2.00 bits per heavy atom. The lowest BCUT2D eigenvalue weighted by molar-refractivity contribution is 0.0976. The third-order valence-electron chi connectivity index (χ3n) is 3.47. The van der Waals surface area contributed by atoms with Gasteiger partial charge in [-0.1, -0.05) is 18.2 Å². The molecule has 0 radical (unpaired) electrons. The maximum absolute atomic E-state index is 12.3. The lowest BCUT2D eigenvalue weighted by atomic mass is 9.84. The summed E-state index contributed by atoms with van der Waals surface area (Å²) in [6.45, 7) is 1.67. The molecule has 1 unspecified atom stereocenters. The minimum absolute atomic E-state index is 0.0767. The van der Waals surface area contributed by atoms with E-state index in [4.69, 9.17) is 4.74 Å². The Kier molecular flexibility index (Phi) is 2.31. The van der Waals surface area contributed by atoms with E-state index >= 15 is 0 Å². The number of carbonyl (C=O) groups excluding carboxylic acids is 2. The normalized spacial score (nSPS) is 20.8. The second-order valence-corrected chi connectivity index (χ2v) is 4.53. The van der Waals surface area contributed by atoms with Crippen LogP contribution in [0.2, 0.25) is 0 Å². The summed E-state index contributed by atoms with van der Waals surface area (Å²) in [7, 11) is 1.60. The summed E-state index contributed by atoms with van der Waals surface area (Å²) in [5.74, 6) is -0.182. The van der Waals surface area contributed by atoms with Crippen LogP contribution in [0.5, 0.6) is 0 Å². The molecule has 3 nitrogen and oxygen atoms in total. The van der Waals surface area contributed by atoms with E-state index in [1.165, 1.54) is 6.08 Å². The van der Waals surface area contributed by atoms with E-state index in [-0.39, 0.29) is 17.7 Å². The minimum Gasteiger partial charge on any atom is -0.373 e. The molecule has 1 atom stereocenters. The van der Waals surface area contributed by atoms with E-state index in [1.807, 2.05) is 18.2 Å².